The molecule has 4 aliphatic carbocycles. The van der Waals surface area contributed by atoms with Crippen molar-refractivity contribution in [1.29, 1.82) is 0 Å². The van der Waals surface area contributed by atoms with Gasteiger partial charge in [-0.25, -0.2) is 0 Å². The predicted molar refractivity (Wildman–Crippen MR) is 112 cm³/mol. The van der Waals surface area contributed by atoms with Crippen LogP contribution in [0, 0.1) is 17.8 Å². The Morgan fingerprint density at radius 3 is 2.45 bits per heavy atom. The van der Waals surface area contributed by atoms with Crippen LogP contribution in [-0.4, -0.2) is 33.2 Å². The van der Waals surface area contributed by atoms with Crippen molar-refractivity contribution in [2.24, 2.45) is 23.5 Å². The smallest absolute Gasteiger partial charge is 0.252 e. The van der Waals surface area contributed by atoms with E-state index in [-0.39, 0.29) is 34.0 Å². The highest BCUT2D eigenvalue weighted by Crippen LogP contribution is 2.55. The molecule has 29 heavy (non-hydrogen) atoms. The molecule has 4 aliphatic rings. The minimum atomic E-state index is -0.693. The van der Waals surface area contributed by atoms with Gasteiger partial charge in [-0.15, -0.1) is 23.1 Å². The van der Waals surface area contributed by atoms with Crippen LogP contribution in [0.1, 0.15) is 48.9 Å². The first-order valence-corrected chi connectivity index (χ1v) is 11.7. The summed E-state index contributed by atoms with van der Waals surface area (Å²) in [6.45, 7) is 0. The summed E-state index contributed by atoms with van der Waals surface area (Å²) < 4.78 is 0.924. The summed E-state index contributed by atoms with van der Waals surface area (Å²) in [5.41, 5.74) is 5.35. The van der Waals surface area contributed by atoms with Crippen molar-refractivity contribution in [1.82, 2.24) is 10.3 Å². The summed E-state index contributed by atoms with van der Waals surface area (Å²) in [6.07, 6.45) is 7.19. The number of nitrogens with two attached hydrogens (primary N) is 1. The van der Waals surface area contributed by atoms with Crippen LogP contribution in [0.15, 0.2) is 15.1 Å². The van der Waals surface area contributed by atoms with Gasteiger partial charge in [0.05, 0.1) is 25.7 Å². The van der Waals surface area contributed by atoms with Gasteiger partial charge in [0.1, 0.15) is 5.75 Å². The molecule has 0 saturated heterocycles. The topological polar surface area (TPSA) is 125 Å². The zero-order valence-corrected chi connectivity index (χ0v) is 17.5. The van der Waals surface area contributed by atoms with Crippen LogP contribution in [0.4, 0.5) is 0 Å². The van der Waals surface area contributed by atoms with Gasteiger partial charge in [-0.1, -0.05) is 0 Å². The summed E-state index contributed by atoms with van der Waals surface area (Å²) in [6, 6.07) is 1.07. The molecule has 0 unspecified atom stereocenters. The second kappa shape index (κ2) is 6.77. The number of H-pyrrole nitrogens is 1. The molecule has 4 fully saturated rings. The van der Waals surface area contributed by atoms with Crippen molar-refractivity contribution in [3.05, 3.63) is 22.0 Å². The first-order chi connectivity index (χ1) is 13.8. The highest BCUT2D eigenvalue weighted by Gasteiger charge is 2.51. The van der Waals surface area contributed by atoms with Gasteiger partial charge < -0.3 is 21.1 Å². The third kappa shape index (κ3) is 3.34. The fourth-order valence-corrected chi connectivity index (χ4v) is 8.36. The van der Waals surface area contributed by atoms with Gasteiger partial charge in [0.25, 0.3) is 11.5 Å². The van der Waals surface area contributed by atoms with Gasteiger partial charge in [0.15, 0.2) is 0 Å². The van der Waals surface area contributed by atoms with Crippen molar-refractivity contribution >= 4 is 45.1 Å². The molecule has 9 heteroatoms. The summed E-state index contributed by atoms with van der Waals surface area (Å²) >= 11 is 2.39. The molecule has 4 saturated carbocycles. The number of thioether (sulfide) groups is 1. The molecule has 0 aromatic carbocycles. The summed E-state index contributed by atoms with van der Waals surface area (Å²) in [5, 5.41) is 13.4. The van der Waals surface area contributed by atoms with Gasteiger partial charge in [-0.3, -0.25) is 14.4 Å². The number of hydrogen-bond donors (Lipinski definition) is 4. The molecule has 2 aromatic rings. The lowest BCUT2D eigenvalue weighted by molar-refractivity contribution is -0.124. The van der Waals surface area contributed by atoms with Crippen molar-refractivity contribution in [2.75, 3.05) is 5.75 Å². The molecule has 4 bridgehead atoms. The van der Waals surface area contributed by atoms with Crippen molar-refractivity contribution in [3.8, 4) is 5.75 Å². The van der Waals surface area contributed by atoms with E-state index in [1.165, 1.54) is 31.0 Å². The number of nitrogens with one attached hydrogen (secondary N) is 2. The summed E-state index contributed by atoms with van der Waals surface area (Å²) in [7, 11) is 0. The maximum atomic E-state index is 12.8. The van der Waals surface area contributed by atoms with Gasteiger partial charge in [0, 0.05) is 11.6 Å². The normalized spacial score (nSPS) is 30.0. The molecular formula is C20H23N3O4S2. The van der Waals surface area contributed by atoms with Gasteiger partial charge in [-0.05, 0) is 56.3 Å². The van der Waals surface area contributed by atoms with E-state index in [2.05, 4.69) is 10.3 Å². The van der Waals surface area contributed by atoms with Gasteiger partial charge in [0.2, 0.25) is 5.91 Å². The number of thiophene rings is 1. The van der Waals surface area contributed by atoms with Crippen LogP contribution >= 0.6 is 23.1 Å². The van der Waals surface area contributed by atoms with E-state index < -0.39 is 11.5 Å². The third-order valence-corrected chi connectivity index (χ3v) is 9.13. The molecule has 2 aromatic heterocycles. The van der Waals surface area contributed by atoms with Crippen LogP contribution in [0.3, 0.4) is 0 Å². The van der Waals surface area contributed by atoms with Crippen LogP contribution in [0.5, 0.6) is 5.75 Å². The van der Waals surface area contributed by atoms with Crippen molar-refractivity contribution in [3.63, 3.8) is 0 Å². The average Bonchev–Trinajstić information content (AvgIpc) is 2.97. The number of aromatic amines is 1. The second-order valence-electron chi connectivity index (χ2n) is 8.89. The number of hydrogen-bond acceptors (Lipinski definition) is 6. The monoisotopic (exact) mass is 433 g/mol. The SMILES string of the molecule is NC(=O)c1c(SCC(=O)NC23CC4CC(CC(C4)C2)C3)sc2c(O)cc(=O)[nH]c12. The number of carbonyl (C=O) groups is 2. The molecule has 7 nitrogen and oxygen atoms in total. The lowest BCUT2D eigenvalue weighted by Crippen LogP contribution is -2.60. The Kier molecular flexibility index (Phi) is 4.43. The minimum absolute atomic E-state index is 0.0393. The fraction of sp³-hybridized carbons (Fsp3) is 0.550. The number of amides is 2. The second-order valence-corrected chi connectivity index (χ2v) is 11.2. The molecular weight excluding hydrogens is 410 g/mol. The number of aromatic nitrogens is 1. The van der Waals surface area contributed by atoms with Crippen LogP contribution in [0.25, 0.3) is 10.2 Å². The summed E-state index contributed by atoms with van der Waals surface area (Å²) in [4.78, 5) is 39.0. The Morgan fingerprint density at radius 1 is 1.24 bits per heavy atom. The molecule has 154 valence electrons. The zero-order valence-electron chi connectivity index (χ0n) is 15.8. The van der Waals surface area contributed by atoms with E-state index in [4.69, 9.17) is 5.73 Å². The fourth-order valence-electron chi connectivity index (χ4n) is 6.11. The number of rotatable bonds is 5. The molecule has 2 amide bonds. The van der Waals surface area contributed by atoms with Gasteiger partial charge >= 0.3 is 0 Å². The van der Waals surface area contributed by atoms with E-state index in [1.807, 2.05) is 0 Å². The Balaban J connectivity index is 1.34. The van der Waals surface area contributed by atoms with E-state index in [9.17, 15) is 19.5 Å². The third-order valence-electron chi connectivity index (χ3n) is 6.65. The van der Waals surface area contributed by atoms with E-state index >= 15 is 0 Å². The molecule has 6 rings (SSSR count). The standard InChI is InChI=1S/C20H23N3O4S2/c21-18(27)15-16-17(12(24)4-13(25)22-16)29-19(15)28-8-14(26)23-20-5-9-1-10(6-20)3-11(2-9)7-20/h4,9-11H,1-3,5-8H2,(H2,21,27)(H,23,26)(H2,22,24,25). The predicted octanol–water partition coefficient (Wildman–Crippen LogP) is 2.57. The lowest BCUT2D eigenvalue weighted by Gasteiger charge is -2.56. The number of carbonyl (C=O) groups excluding carboxylic acids is 2. The van der Waals surface area contributed by atoms with Crippen molar-refractivity contribution in [2.45, 2.75) is 48.3 Å². The maximum absolute atomic E-state index is 12.8. The van der Waals surface area contributed by atoms with Gasteiger partial charge in [-0.2, -0.15) is 0 Å². The number of primary amides is 1. The average molecular weight is 434 g/mol. The molecule has 0 radical (unpaired) electrons. The minimum Gasteiger partial charge on any atom is -0.506 e. The Morgan fingerprint density at radius 2 is 1.86 bits per heavy atom. The number of pyridine rings is 1. The van der Waals surface area contributed by atoms with Crippen LogP contribution in [0.2, 0.25) is 0 Å². The van der Waals surface area contributed by atoms with Crippen LogP contribution in [-0.2, 0) is 4.79 Å². The first-order valence-electron chi connectivity index (χ1n) is 9.94. The molecule has 5 N–H and O–H groups in total. The highest BCUT2D eigenvalue weighted by atomic mass is 32.2. The summed E-state index contributed by atoms with van der Waals surface area (Å²) in [5.74, 6) is 1.49. The van der Waals surface area contributed by atoms with E-state index in [1.54, 1.807) is 0 Å². The van der Waals surface area contributed by atoms with Crippen molar-refractivity contribution < 1.29 is 14.7 Å². The molecule has 2 heterocycles. The Hall–Kier alpha value is -2.00. The largest absolute Gasteiger partial charge is 0.506 e. The van der Waals surface area contributed by atoms with E-state index in [0.29, 0.717) is 8.91 Å². The zero-order chi connectivity index (χ0) is 20.3. The first kappa shape index (κ1) is 19.0. The Labute approximate surface area is 175 Å². The quantitative estimate of drug-likeness (QED) is 0.539. The molecule has 0 atom stereocenters. The maximum Gasteiger partial charge on any atom is 0.252 e. The van der Waals surface area contributed by atoms with E-state index in [0.717, 1.165) is 54.4 Å². The Bertz CT molecular complexity index is 1040. The molecule has 0 aliphatic heterocycles. The molecule has 0 spiro atoms. The highest BCUT2D eigenvalue weighted by molar-refractivity contribution is 8.02. The number of aromatic hydroxyl groups is 1. The lowest BCUT2D eigenvalue weighted by atomic mass is 9.53. The van der Waals surface area contributed by atoms with Crippen LogP contribution < -0.4 is 16.6 Å². The number of fused-ring (bicyclic) bond motifs is 1.